The van der Waals surface area contributed by atoms with Crippen LogP contribution >= 0.6 is 11.3 Å². The van der Waals surface area contributed by atoms with Gasteiger partial charge in [-0.1, -0.05) is 24.3 Å². The van der Waals surface area contributed by atoms with E-state index in [-0.39, 0.29) is 11.7 Å². The number of hydrogen-bond acceptors (Lipinski definition) is 5. The van der Waals surface area contributed by atoms with Crippen molar-refractivity contribution in [1.82, 2.24) is 15.6 Å². The Bertz CT molecular complexity index is 1030. The van der Waals surface area contributed by atoms with Crippen molar-refractivity contribution in [2.24, 2.45) is 0 Å². The maximum atomic E-state index is 13.2. The Hall–Kier alpha value is -2.77. The van der Waals surface area contributed by atoms with Gasteiger partial charge in [-0.3, -0.25) is 9.78 Å². The summed E-state index contributed by atoms with van der Waals surface area (Å²) in [5.41, 5.74) is 5.00. The van der Waals surface area contributed by atoms with Crippen molar-refractivity contribution in [1.29, 1.82) is 0 Å². The number of nitrogens with zero attached hydrogens (tertiary/aromatic N) is 2. The van der Waals surface area contributed by atoms with Gasteiger partial charge in [0.05, 0.1) is 11.9 Å². The van der Waals surface area contributed by atoms with Crippen LogP contribution in [0.15, 0.2) is 60.2 Å². The fourth-order valence-electron chi connectivity index (χ4n) is 4.52. The van der Waals surface area contributed by atoms with Crippen LogP contribution in [0.3, 0.4) is 0 Å². The molecule has 0 bridgehead atoms. The molecule has 0 spiro atoms. The highest BCUT2D eigenvalue weighted by molar-refractivity contribution is 7.09. The number of amides is 1. The number of carbonyl (C=O) groups excluding carboxylic acids is 1. The smallest absolute Gasteiger partial charge is 0.224 e. The van der Waals surface area contributed by atoms with Gasteiger partial charge < -0.3 is 15.5 Å². The van der Waals surface area contributed by atoms with E-state index in [9.17, 15) is 9.18 Å². The topological polar surface area (TPSA) is 57.3 Å². The summed E-state index contributed by atoms with van der Waals surface area (Å²) in [7, 11) is 0. The van der Waals surface area contributed by atoms with Gasteiger partial charge in [0.1, 0.15) is 5.82 Å². The molecule has 1 unspecified atom stereocenters. The summed E-state index contributed by atoms with van der Waals surface area (Å²) in [6, 6.07) is 15.8. The molecule has 1 saturated heterocycles. The Morgan fingerprint density at radius 1 is 1.18 bits per heavy atom. The van der Waals surface area contributed by atoms with Gasteiger partial charge in [0, 0.05) is 48.5 Å². The quantitative estimate of drug-likeness (QED) is 0.452. The Kier molecular flexibility index (Phi) is 8.66. The number of rotatable bonds is 10. The third kappa shape index (κ3) is 7.37. The molecule has 5 nitrogen and oxygen atoms in total. The average Bonchev–Trinajstić information content (AvgIpc) is 3.33. The Morgan fingerprint density at radius 2 is 1.97 bits per heavy atom. The van der Waals surface area contributed by atoms with Gasteiger partial charge in [-0.2, -0.15) is 0 Å². The molecule has 1 fully saturated rings. The molecule has 1 atom stereocenters. The molecule has 0 radical (unpaired) electrons. The first-order valence-corrected chi connectivity index (χ1v) is 12.9. The molecule has 3 aromatic rings. The minimum atomic E-state index is -0.245. The van der Waals surface area contributed by atoms with Crippen molar-refractivity contribution in [2.45, 2.75) is 51.1 Å². The lowest BCUT2D eigenvalue weighted by Crippen LogP contribution is -2.46. The maximum Gasteiger partial charge on any atom is 0.224 e. The molecule has 0 aliphatic carbocycles. The van der Waals surface area contributed by atoms with E-state index in [1.54, 1.807) is 17.4 Å². The summed E-state index contributed by atoms with van der Waals surface area (Å²) in [5, 5.41) is 6.71. The second-order valence-corrected chi connectivity index (χ2v) is 10.0. The van der Waals surface area contributed by atoms with Crippen molar-refractivity contribution in [2.75, 3.05) is 24.5 Å². The molecule has 2 heterocycles. The SMILES string of the molecule is CC(Cc1cncs1)NC1CCN(c2ccc(CC(=O)NCCc3cccc(F)c3)cc2)CC1. The zero-order valence-electron chi connectivity index (χ0n) is 19.7. The number of aromatic nitrogens is 1. The van der Waals surface area contributed by atoms with Gasteiger partial charge in [0.25, 0.3) is 0 Å². The second kappa shape index (κ2) is 12.1. The summed E-state index contributed by atoms with van der Waals surface area (Å²) in [6.07, 6.45) is 6.23. The molecular weight excluding hydrogens is 447 g/mol. The molecule has 2 aromatic carbocycles. The molecule has 1 aromatic heterocycles. The van der Waals surface area contributed by atoms with Crippen LogP contribution in [0.4, 0.5) is 10.1 Å². The monoisotopic (exact) mass is 480 g/mol. The first-order valence-electron chi connectivity index (χ1n) is 12.0. The van der Waals surface area contributed by atoms with E-state index in [4.69, 9.17) is 0 Å². The lowest BCUT2D eigenvalue weighted by molar-refractivity contribution is -0.120. The highest BCUT2D eigenvalue weighted by Crippen LogP contribution is 2.21. The largest absolute Gasteiger partial charge is 0.371 e. The molecule has 2 N–H and O–H groups in total. The number of nitrogens with one attached hydrogen (secondary N) is 2. The summed E-state index contributed by atoms with van der Waals surface area (Å²) in [4.78, 5) is 20.2. The molecule has 1 aliphatic rings. The van der Waals surface area contributed by atoms with E-state index in [1.807, 2.05) is 29.9 Å². The number of anilines is 1. The zero-order chi connectivity index (χ0) is 23.8. The number of thiazole rings is 1. The number of piperidine rings is 1. The van der Waals surface area contributed by atoms with Gasteiger partial charge in [-0.25, -0.2) is 4.39 Å². The summed E-state index contributed by atoms with van der Waals surface area (Å²) >= 11 is 1.72. The maximum absolute atomic E-state index is 13.2. The van der Waals surface area contributed by atoms with Crippen LogP contribution in [0.1, 0.15) is 35.8 Å². The lowest BCUT2D eigenvalue weighted by Gasteiger charge is -2.35. The summed E-state index contributed by atoms with van der Waals surface area (Å²) in [6.45, 7) is 4.82. The average molecular weight is 481 g/mol. The molecule has 0 saturated carbocycles. The first-order chi connectivity index (χ1) is 16.5. The van der Waals surface area contributed by atoms with Crippen molar-refractivity contribution in [3.63, 3.8) is 0 Å². The number of halogens is 1. The highest BCUT2D eigenvalue weighted by atomic mass is 32.1. The molecule has 7 heteroatoms. The van der Waals surface area contributed by atoms with Gasteiger partial charge >= 0.3 is 0 Å². The van der Waals surface area contributed by atoms with Gasteiger partial charge in [-0.15, -0.1) is 11.3 Å². The fraction of sp³-hybridized carbons (Fsp3) is 0.407. The fourth-order valence-corrected chi connectivity index (χ4v) is 5.25. The van der Waals surface area contributed by atoms with E-state index in [2.05, 4.69) is 39.6 Å². The van der Waals surface area contributed by atoms with Crippen LogP contribution in [-0.4, -0.2) is 42.6 Å². The summed E-state index contributed by atoms with van der Waals surface area (Å²) in [5.74, 6) is -0.255. The van der Waals surface area contributed by atoms with E-state index in [0.717, 1.165) is 43.5 Å². The second-order valence-electron chi connectivity index (χ2n) is 9.07. The van der Waals surface area contributed by atoms with E-state index in [0.29, 0.717) is 31.5 Å². The third-order valence-electron chi connectivity index (χ3n) is 6.30. The predicted molar refractivity (Wildman–Crippen MR) is 137 cm³/mol. The van der Waals surface area contributed by atoms with Gasteiger partial charge in [0.15, 0.2) is 0 Å². The van der Waals surface area contributed by atoms with Crippen LogP contribution in [0.5, 0.6) is 0 Å². The molecule has 1 aliphatic heterocycles. The van der Waals surface area contributed by atoms with Crippen molar-refractivity contribution < 1.29 is 9.18 Å². The van der Waals surface area contributed by atoms with Crippen molar-refractivity contribution in [3.8, 4) is 0 Å². The van der Waals surface area contributed by atoms with Crippen LogP contribution < -0.4 is 15.5 Å². The van der Waals surface area contributed by atoms with Crippen molar-refractivity contribution in [3.05, 3.63) is 82.1 Å². The molecule has 34 heavy (non-hydrogen) atoms. The normalized spacial score (nSPS) is 15.3. The predicted octanol–water partition coefficient (Wildman–Crippen LogP) is 4.37. The van der Waals surface area contributed by atoms with Gasteiger partial charge in [-0.05, 0) is 68.0 Å². The van der Waals surface area contributed by atoms with Crippen LogP contribution in [0, 0.1) is 5.82 Å². The number of carbonyl (C=O) groups is 1. The van der Waals surface area contributed by atoms with Gasteiger partial charge in [0.2, 0.25) is 5.91 Å². The van der Waals surface area contributed by atoms with E-state index >= 15 is 0 Å². The van der Waals surface area contributed by atoms with E-state index < -0.39 is 0 Å². The molecule has 180 valence electrons. The molecular formula is C27H33FN4OS. The molecule has 1 amide bonds. The minimum absolute atomic E-state index is 0.0107. The minimum Gasteiger partial charge on any atom is -0.371 e. The number of benzene rings is 2. The van der Waals surface area contributed by atoms with E-state index in [1.165, 1.54) is 22.7 Å². The first kappa shape index (κ1) is 24.4. The Morgan fingerprint density at radius 3 is 2.68 bits per heavy atom. The van der Waals surface area contributed by atoms with Crippen LogP contribution in [0.25, 0.3) is 0 Å². The third-order valence-corrected chi connectivity index (χ3v) is 7.10. The molecule has 4 rings (SSSR count). The number of hydrogen-bond donors (Lipinski definition) is 2. The summed E-state index contributed by atoms with van der Waals surface area (Å²) < 4.78 is 13.2. The lowest BCUT2D eigenvalue weighted by atomic mass is 10.0. The van der Waals surface area contributed by atoms with Crippen molar-refractivity contribution >= 4 is 22.9 Å². The van der Waals surface area contributed by atoms with Crippen LogP contribution in [-0.2, 0) is 24.1 Å². The Balaban J connectivity index is 1.17. The Labute approximate surface area is 205 Å². The zero-order valence-corrected chi connectivity index (χ0v) is 20.5. The standard InChI is InChI=1S/C27H33FN4OS/c1-20(15-26-18-29-19-34-26)31-24-10-13-32(14-11-24)25-7-5-22(6-8-25)17-27(33)30-12-9-21-3-2-4-23(28)16-21/h2-8,16,18-20,24,31H,9-15,17H2,1H3,(H,30,33). The van der Waals surface area contributed by atoms with Crippen LogP contribution in [0.2, 0.25) is 0 Å². The highest BCUT2D eigenvalue weighted by Gasteiger charge is 2.21.